The Kier molecular flexibility index (Phi) is 4.13. The Bertz CT molecular complexity index is 533. The maximum Gasteiger partial charge on any atom is 0.242 e. The number of sulfonamides is 1. The van der Waals surface area contributed by atoms with Crippen molar-refractivity contribution in [2.75, 3.05) is 26.0 Å². The number of benzene rings is 1. The van der Waals surface area contributed by atoms with E-state index in [2.05, 4.69) is 10.0 Å². The van der Waals surface area contributed by atoms with E-state index >= 15 is 0 Å². The molecule has 0 spiro atoms. The summed E-state index contributed by atoms with van der Waals surface area (Å²) < 4.78 is 32.7. The number of ether oxygens (including phenoxy) is 1. The van der Waals surface area contributed by atoms with Crippen molar-refractivity contribution in [2.45, 2.75) is 29.8 Å². The summed E-state index contributed by atoms with van der Waals surface area (Å²) in [7, 11) is -0.176. The second kappa shape index (κ2) is 5.48. The Balaban J connectivity index is 2.14. The maximum atomic E-state index is 12.3. The summed E-state index contributed by atoms with van der Waals surface area (Å²) in [5.41, 5.74) is 0.275. The second-order valence-corrected chi connectivity index (χ2v) is 6.55. The second-order valence-electron chi connectivity index (χ2n) is 4.81. The summed E-state index contributed by atoms with van der Waals surface area (Å²) in [4.78, 5) is 0.267. The SMILES string of the molecule is CNc1ccccc1S(=O)(=O)NCC1(OC)CCC1. The highest BCUT2D eigenvalue weighted by atomic mass is 32.2. The van der Waals surface area contributed by atoms with Crippen molar-refractivity contribution < 1.29 is 13.2 Å². The van der Waals surface area contributed by atoms with E-state index in [1.807, 2.05) is 0 Å². The zero-order valence-electron chi connectivity index (χ0n) is 11.3. The summed E-state index contributed by atoms with van der Waals surface area (Å²) in [6, 6.07) is 6.84. The Morgan fingerprint density at radius 2 is 2.00 bits per heavy atom. The van der Waals surface area contributed by atoms with E-state index in [0.29, 0.717) is 12.2 Å². The van der Waals surface area contributed by atoms with E-state index in [9.17, 15) is 8.42 Å². The van der Waals surface area contributed by atoms with Crippen LogP contribution in [0.1, 0.15) is 19.3 Å². The molecule has 0 aliphatic heterocycles. The normalized spacial score (nSPS) is 17.8. The maximum absolute atomic E-state index is 12.3. The number of hydrogen-bond donors (Lipinski definition) is 2. The zero-order chi connectivity index (χ0) is 13.9. The molecule has 0 radical (unpaired) electrons. The quantitative estimate of drug-likeness (QED) is 0.832. The molecule has 1 aromatic rings. The van der Waals surface area contributed by atoms with Gasteiger partial charge in [0.15, 0.2) is 0 Å². The van der Waals surface area contributed by atoms with E-state index in [1.165, 1.54) is 0 Å². The molecule has 0 atom stereocenters. The molecule has 0 heterocycles. The van der Waals surface area contributed by atoms with Crippen LogP contribution in [-0.2, 0) is 14.8 Å². The standard InChI is InChI=1S/C13H20N2O3S/c1-14-11-6-3-4-7-12(11)19(16,17)15-10-13(18-2)8-5-9-13/h3-4,6-7,14-15H,5,8-10H2,1-2H3. The van der Waals surface area contributed by atoms with Gasteiger partial charge in [-0.05, 0) is 31.4 Å². The molecule has 5 nitrogen and oxygen atoms in total. The van der Waals surface area contributed by atoms with Gasteiger partial charge in [-0.2, -0.15) is 0 Å². The fraction of sp³-hybridized carbons (Fsp3) is 0.538. The molecular formula is C13H20N2O3S. The minimum absolute atomic E-state index is 0.267. The van der Waals surface area contributed by atoms with Crippen molar-refractivity contribution in [1.29, 1.82) is 0 Å². The predicted molar refractivity (Wildman–Crippen MR) is 74.8 cm³/mol. The van der Waals surface area contributed by atoms with Gasteiger partial charge >= 0.3 is 0 Å². The van der Waals surface area contributed by atoms with Gasteiger partial charge in [-0.1, -0.05) is 12.1 Å². The molecule has 1 saturated carbocycles. The van der Waals surface area contributed by atoms with Crippen LogP contribution in [0.2, 0.25) is 0 Å². The average Bonchev–Trinajstić information content (AvgIpc) is 2.38. The number of para-hydroxylation sites is 1. The monoisotopic (exact) mass is 284 g/mol. The highest BCUT2D eigenvalue weighted by molar-refractivity contribution is 7.89. The number of nitrogens with one attached hydrogen (secondary N) is 2. The molecule has 2 rings (SSSR count). The third-order valence-electron chi connectivity index (χ3n) is 3.73. The van der Waals surface area contributed by atoms with Gasteiger partial charge in [-0.15, -0.1) is 0 Å². The van der Waals surface area contributed by atoms with Crippen LogP contribution in [0.5, 0.6) is 0 Å². The number of rotatable bonds is 6. The van der Waals surface area contributed by atoms with E-state index in [1.54, 1.807) is 38.4 Å². The van der Waals surface area contributed by atoms with Crippen LogP contribution in [0.15, 0.2) is 29.2 Å². The summed E-state index contributed by atoms with van der Waals surface area (Å²) in [6.07, 6.45) is 2.89. The first-order valence-electron chi connectivity index (χ1n) is 6.35. The van der Waals surface area contributed by atoms with Gasteiger partial charge in [-0.25, -0.2) is 13.1 Å². The molecule has 0 aromatic heterocycles. The summed E-state index contributed by atoms with van der Waals surface area (Å²) in [5.74, 6) is 0. The Morgan fingerprint density at radius 1 is 1.32 bits per heavy atom. The van der Waals surface area contributed by atoms with Crippen LogP contribution < -0.4 is 10.0 Å². The molecule has 1 aromatic carbocycles. The molecule has 0 saturated heterocycles. The third kappa shape index (κ3) is 2.91. The van der Waals surface area contributed by atoms with Gasteiger partial charge in [0.1, 0.15) is 4.90 Å². The minimum atomic E-state index is -3.52. The van der Waals surface area contributed by atoms with Crippen LogP contribution in [-0.4, -0.2) is 34.7 Å². The number of anilines is 1. The topological polar surface area (TPSA) is 67.4 Å². The lowest BCUT2D eigenvalue weighted by atomic mass is 9.80. The van der Waals surface area contributed by atoms with Crippen LogP contribution in [0.3, 0.4) is 0 Å². The van der Waals surface area contributed by atoms with Crippen LogP contribution in [0.4, 0.5) is 5.69 Å². The lowest BCUT2D eigenvalue weighted by Gasteiger charge is -2.40. The first-order chi connectivity index (χ1) is 9.03. The zero-order valence-corrected chi connectivity index (χ0v) is 12.1. The van der Waals surface area contributed by atoms with Gasteiger partial charge < -0.3 is 10.1 Å². The van der Waals surface area contributed by atoms with E-state index < -0.39 is 10.0 Å². The van der Waals surface area contributed by atoms with Crippen LogP contribution >= 0.6 is 0 Å². The van der Waals surface area contributed by atoms with Gasteiger partial charge in [0.05, 0.1) is 11.3 Å². The van der Waals surface area contributed by atoms with Crippen molar-refractivity contribution >= 4 is 15.7 Å². The molecule has 0 unspecified atom stereocenters. The average molecular weight is 284 g/mol. The Labute approximate surface area is 114 Å². The molecule has 1 aliphatic carbocycles. The fourth-order valence-electron chi connectivity index (χ4n) is 2.24. The van der Waals surface area contributed by atoms with Crippen molar-refractivity contribution in [2.24, 2.45) is 0 Å². The molecule has 2 N–H and O–H groups in total. The van der Waals surface area contributed by atoms with Gasteiger partial charge in [0.25, 0.3) is 0 Å². The molecule has 19 heavy (non-hydrogen) atoms. The Morgan fingerprint density at radius 3 is 2.53 bits per heavy atom. The van der Waals surface area contributed by atoms with Crippen molar-refractivity contribution in [3.8, 4) is 0 Å². The smallest absolute Gasteiger partial charge is 0.242 e. The number of hydrogen-bond acceptors (Lipinski definition) is 4. The summed E-state index contributed by atoms with van der Waals surface area (Å²) in [6.45, 7) is 0.323. The van der Waals surface area contributed by atoms with Crippen LogP contribution in [0.25, 0.3) is 0 Å². The summed E-state index contributed by atoms with van der Waals surface area (Å²) >= 11 is 0. The van der Waals surface area contributed by atoms with Gasteiger partial charge in [0.2, 0.25) is 10.0 Å². The van der Waals surface area contributed by atoms with E-state index in [-0.39, 0.29) is 10.5 Å². The van der Waals surface area contributed by atoms with E-state index in [0.717, 1.165) is 19.3 Å². The highest BCUT2D eigenvalue weighted by Gasteiger charge is 2.38. The largest absolute Gasteiger partial charge is 0.387 e. The first-order valence-corrected chi connectivity index (χ1v) is 7.83. The molecule has 106 valence electrons. The van der Waals surface area contributed by atoms with E-state index in [4.69, 9.17) is 4.74 Å². The number of methoxy groups -OCH3 is 1. The molecular weight excluding hydrogens is 264 g/mol. The lowest BCUT2D eigenvalue weighted by Crippen LogP contribution is -2.49. The molecule has 6 heteroatoms. The molecule has 1 fully saturated rings. The highest BCUT2D eigenvalue weighted by Crippen LogP contribution is 2.34. The van der Waals surface area contributed by atoms with Gasteiger partial charge in [0, 0.05) is 20.7 Å². The summed E-state index contributed by atoms with van der Waals surface area (Å²) in [5, 5.41) is 2.89. The fourth-order valence-corrected chi connectivity index (χ4v) is 3.56. The van der Waals surface area contributed by atoms with Crippen molar-refractivity contribution in [1.82, 2.24) is 4.72 Å². The van der Waals surface area contributed by atoms with Crippen molar-refractivity contribution in [3.63, 3.8) is 0 Å². The Hall–Kier alpha value is -1.11. The van der Waals surface area contributed by atoms with Gasteiger partial charge in [-0.3, -0.25) is 0 Å². The first kappa shape index (κ1) is 14.3. The lowest BCUT2D eigenvalue weighted by molar-refractivity contribution is -0.0659. The minimum Gasteiger partial charge on any atom is -0.387 e. The predicted octanol–water partition coefficient (Wildman–Crippen LogP) is 1.58. The van der Waals surface area contributed by atoms with Crippen LogP contribution in [0, 0.1) is 0 Å². The molecule has 1 aliphatic rings. The molecule has 0 amide bonds. The van der Waals surface area contributed by atoms with Crippen molar-refractivity contribution in [3.05, 3.63) is 24.3 Å². The third-order valence-corrected chi connectivity index (χ3v) is 5.19. The molecule has 0 bridgehead atoms.